The molecular formula is C31H56O4. The molecule has 1 unspecified atom stereocenters. The maximum absolute atomic E-state index is 12.2. The molecule has 0 heterocycles. The van der Waals surface area contributed by atoms with Gasteiger partial charge in [-0.25, -0.2) is 0 Å². The molecule has 0 aromatic rings. The Balaban J connectivity index is 3.69. The SMILES string of the molecule is CCCCC/C=C\C/C=C\CCCCCCCCC(=O)OC(CCCCCCCCC)CC(=O)O. The summed E-state index contributed by atoms with van der Waals surface area (Å²) in [5.41, 5.74) is 0. The lowest BCUT2D eigenvalue weighted by Crippen LogP contribution is -2.21. The van der Waals surface area contributed by atoms with Crippen LogP contribution in [0.5, 0.6) is 0 Å². The van der Waals surface area contributed by atoms with Crippen LogP contribution in [0.1, 0.15) is 155 Å². The van der Waals surface area contributed by atoms with Crippen LogP contribution in [0.15, 0.2) is 24.3 Å². The van der Waals surface area contributed by atoms with Gasteiger partial charge in [-0.05, 0) is 51.4 Å². The first kappa shape index (κ1) is 33.4. The standard InChI is InChI=1S/C31H56O4/c1-3-5-7-9-11-12-13-14-15-16-17-18-19-21-23-25-27-31(34)35-29(28-30(32)33)26-24-22-20-10-8-6-4-2/h11-12,14-15,29H,3-10,13,16-28H2,1-2H3,(H,32,33)/b12-11-,15-14-. The van der Waals surface area contributed by atoms with Gasteiger partial charge < -0.3 is 9.84 Å². The minimum Gasteiger partial charge on any atom is -0.481 e. The van der Waals surface area contributed by atoms with E-state index < -0.39 is 12.1 Å². The van der Waals surface area contributed by atoms with Crippen LogP contribution >= 0.6 is 0 Å². The van der Waals surface area contributed by atoms with Gasteiger partial charge in [0, 0.05) is 6.42 Å². The van der Waals surface area contributed by atoms with Gasteiger partial charge in [-0.2, -0.15) is 0 Å². The maximum Gasteiger partial charge on any atom is 0.307 e. The third-order valence-electron chi connectivity index (χ3n) is 6.41. The van der Waals surface area contributed by atoms with E-state index >= 15 is 0 Å². The third-order valence-corrected chi connectivity index (χ3v) is 6.41. The minimum absolute atomic E-state index is 0.0781. The van der Waals surface area contributed by atoms with Crippen molar-refractivity contribution in [1.82, 2.24) is 0 Å². The topological polar surface area (TPSA) is 63.6 Å². The second-order valence-electron chi connectivity index (χ2n) is 9.95. The fraction of sp³-hybridized carbons (Fsp3) is 0.806. The molecule has 0 rings (SSSR count). The lowest BCUT2D eigenvalue weighted by molar-refractivity contribution is -0.153. The summed E-state index contributed by atoms with van der Waals surface area (Å²) < 4.78 is 5.50. The number of rotatable bonds is 26. The summed E-state index contributed by atoms with van der Waals surface area (Å²) in [6.45, 7) is 4.45. The lowest BCUT2D eigenvalue weighted by atomic mass is 10.0. The number of unbranched alkanes of at least 4 members (excludes halogenated alkanes) is 15. The van der Waals surface area contributed by atoms with E-state index in [1.807, 2.05) is 0 Å². The first-order valence-corrected chi connectivity index (χ1v) is 14.8. The number of hydrogen-bond acceptors (Lipinski definition) is 3. The normalized spacial score (nSPS) is 12.5. The van der Waals surface area contributed by atoms with Crippen LogP contribution in [-0.4, -0.2) is 23.1 Å². The van der Waals surface area contributed by atoms with Crippen molar-refractivity contribution >= 4 is 11.9 Å². The monoisotopic (exact) mass is 492 g/mol. The molecule has 35 heavy (non-hydrogen) atoms. The van der Waals surface area contributed by atoms with E-state index in [0.29, 0.717) is 12.8 Å². The molecule has 0 saturated carbocycles. The van der Waals surface area contributed by atoms with E-state index in [0.717, 1.165) is 44.9 Å². The van der Waals surface area contributed by atoms with Gasteiger partial charge in [0.1, 0.15) is 6.10 Å². The van der Waals surface area contributed by atoms with Crippen molar-refractivity contribution in [3.63, 3.8) is 0 Å². The molecule has 0 spiro atoms. The molecule has 1 N–H and O–H groups in total. The Morgan fingerprint density at radius 2 is 1.14 bits per heavy atom. The highest BCUT2D eigenvalue weighted by molar-refractivity contribution is 5.71. The predicted octanol–water partition coefficient (Wildman–Crippen LogP) is 9.72. The van der Waals surface area contributed by atoms with Gasteiger partial charge in [0.15, 0.2) is 0 Å². The summed E-state index contributed by atoms with van der Waals surface area (Å²) in [4.78, 5) is 23.3. The van der Waals surface area contributed by atoms with Crippen molar-refractivity contribution in [1.29, 1.82) is 0 Å². The average Bonchev–Trinajstić information content (AvgIpc) is 2.82. The molecule has 0 bridgehead atoms. The number of carbonyl (C=O) groups is 2. The zero-order valence-corrected chi connectivity index (χ0v) is 23.1. The van der Waals surface area contributed by atoms with E-state index in [4.69, 9.17) is 9.84 Å². The Morgan fingerprint density at radius 3 is 1.74 bits per heavy atom. The predicted molar refractivity (Wildman–Crippen MR) is 149 cm³/mol. The largest absolute Gasteiger partial charge is 0.481 e. The number of hydrogen-bond donors (Lipinski definition) is 1. The molecule has 0 amide bonds. The van der Waals surface area contributed by atoms with E-state index in [-0.39, 0.29) is 12.4 Å². The molecule has 1 atom stereocenters. The summed E-state index contributed by atoms with van der Waals surface area (Å²) in [7, 11) is 0. The number of carboxylic acid groups (broad SMARTS) is 1. The molecule has 0 saturated heterocycles. The molecule has 0 aliphatic rings. The van der Waals surface area contributed by atoms with Crippen LogP contribution in [0.25, 0.3) is 0 Å². The first-order valence-electron chi connectivity index (χ1n) is 14.8. The van der Waals surface area contributed by atoms with E-state index in [1.165, 1.54) is 77.0 Å². The van der Waals surface area contributed by atoms with Crippen molar-refractivity contribution in [2.75, 3.05) is 0 Å². The van der Waals surface area contributed by atoms with Crippen LogP contribution < -0.4 is 0 Å². The van der Waals surface area contributed by atoms with Crippen LogP contribution in [0.4, 0.5) is 0 Å². The second kappa shape index (κ2) is 27.0. The van der Waals surface area contributed by atoms with Gasteiger partial charge in [0.25, 0.3) is 0 Å². The number of carboxylic acids is 1. The molecule has 0 aromatic carbocycles. The van der Waals surface area contributed by atoms with Crippen LogP contribution in [0, 0.1) is 0 Å². The smallest absolute Gasteiger partial charge is 0.307 e. The Bertz CT molecular complexity index is 538. The van der Waals surface area contributed by atoms with E-state index in [1.54, 1.807) is 0 Å². The van der Waals surface area contributed by atoms with Crippen molar-refractivity contribution in [3.8, 4) is 0 Å². The molecule has 4 nitrogen and oxygen atoms in total. The van der Waals surface area contributed by atoms with Crippen molar-refractivity contribution in [2.24, 2.45) is 0 Å². The highest BCUT2D eigenvalue weighted by Gasteiger charge is 2.17. The maximum atomic E-state index is 12.2. The average molecular weight is 493 g/mol. The summed E-state index contributed by atoms with van der Waals surface area (Å²) >= 11 is 0. The number of esters is 1. The Labute approximate surface area is 217 Å². The fourth-order valence-electron chi connectivity index (χ4n) is 4.23. The lowest BCUT2D eigenvalue weighted by Gasteiger charge is -2.16. The van der Waals surface area contributed by atoms with Gasteiger partial charge in [-0.1, -0.05) is 115 Å². The highest BCUT2D eigenvalue weighted by Crippen LogP contribution is 2.15. The Morgan fingerprint density at radius 1 is 0.657 bits per heavy atom. The number of carbonyl (C=O) groups excluding carboxylic acids is 1. The van der Waals surface area contributed by atoms with Crippen LogP contribution in [0.2, 0.25) is 0 Å². The Hall–Kier alpha value is -1.58. The summed E-state index contributed by atoms with van der Waals surface area (Å²) in [5.74, 6) is -1.12. The van der Waals surface area contributed by atoms with Gasteiger partial charge in [0.2, 0.25) is 0 Å². The molecule has 0 radical (unpaired) electrons. The van der Waals surface area contributed by atoms with Crippen molar-refractivity contribution < 1.29 is 19.4 Å². The van der Waals surface area contributed by atoms with E-state index in [9.17, 15) is 9.59 Å². The fourth-order valence-corrected chi connectivity index (χ4v) is 4.23. The van der Waals surface area contributed by atoms with Gasteiger partial charge in [-0.15, -0.1) is 0 Å². The molecule has 204 valence electrons. The third kappa shape index (κ3) is 26.9. The number of aliphatic carboxylic acids is 1. The molecular weight excluding hydrogens is 436 g/mol. The molecule has 0 fully saturated rings. The zero-order valence-electron chi connectivity index (χ0n) is 23.1. The molecule has 0 aliphatic carbocycles. The van der Waals surface area contributed by atoms with Crippen LogP contribution in [0.3, 0.4) is 0 Å². The minimum atomic E-state index is -0.889. The Kier molecular flexibility index (Phi) is 25.8. The van der Waals surface area contributed by atoms with Gasteiger partial charge >= 0.3 is 11.9 Å². The van der Waals surface area contributed by atoms with Crippen molar-refractivity contribution in [3.05, 3.63) is 24.3 Å². The van der Waals surface area contributed by atoms with Gasteiger partial charge in [-0.3, -0.25) is 9.59 Å². The summed E-state index contributed by atoms with van der Waals surface area (Å²) in [6.07, 6.45) is 31.9. The molecule has 4 heteroatoms. The van der Waals surface area contributed by atoms with Gasteiger partial charge in [0.05, 0.1) is 6.42 Å². The first-order chi connectivity index (χ1) is 17.1. The molecule has 0 aliphatic heterocycles. The number of allylic oxidation sites excluding steroid dienone is 4. The second-order valence-corrected chi connectivity index (χ2v) is 9.95. The van der Waals surface area contributed by atoms with E-state index in [2.05, 4.69) is 38.2 Å². The van der Waals surface area contributed by atoms with Crippen molar-refractivity contribution in [2.45, 2.75) is 161 Å². The highest BCUT2D eigenvalue weighted by atomic mass is 16.5. The molecule has 0 aromatic heterocycles. The summed E-state index contributed by atoms with van der Waals surface area (Å²) in [5, 5.41) is 9.12. The number of ether oxygens (including phenoxy) is 1. The van der Waals surface area contributed by atoms with Crippen LogP contribution in [-0.2, 0) is 14.3 Å². The quantitative estimate of drug-likeness (QED) is 0.0741. The summed E-state index contributed by atoms with van der Waals surface area (Å²) in [6, 6.07) is 0. The zero-order chi connectivity index (χ0) is 25.8.